The number of ether oxygens (including phenoxy) is 1. The van der Waals surface area contributed by atoms with E-state index in [1.54, 1.807) is 0 Å². The molecule has 0 unspecified atom stereocenters. The largest absolute Gasteiger partial charge is 0.465 e. The van der Waals surface area contributed by atoms with Crippen LogP contribution in [0.15, 0.2) is 41.0 Å². The molecule has 114 valence electrons. The van der Waals surface area contributed by atoms with Crippen LogP contribution in [0.1, 0.15) is 20.9 Å². The lowest BCUT2D eigenvalue weighted by molar-refractivity contribution is 0.0600. The first kappa shape index (κ1) is 15.6. The smallest absolute Gasteiger partial charge is 0.337 e. The molecule has 0 spiro atoms. The second-order valence-electron chi connectivity index (χ2n) is 4.07. The standard InChI is InChI=1S/C14H11ClN2O5/c1-21-13(19)8-4-5-9(15)10(7-8)16-14(20)17-12(18)11-3-2-6-22-11/h2-7H,1H3,(H2,16,17,18,20). The zero-order valence-electron chi connectivity index (χ0n) is 11.4. The highest BCUT2D eigenvalue weighted by atomic mass is 35.5. The summed E-state index contributed by atoms with van der Waals surface area (Å²) in [5.41, 5.74) is 0.369. The number of halogens is 1. The molecule has 0 aliphatic carbocycles. The van der Waals surface area contributed by atoms with Crippen molar-refractivity contribution in [2.45, 2.75) is 0 Å². The van der Waals surface area contributed by atoms with Gasteiger partial charge < -0.3 is 14.5 Å². The highest BCUT2D eigenvalue weighted by Gasteiger charge is 2.15. The van der Waals surface area contributed by atoms with Crippen LogP contribution in [0.25, 0.3) is 0 Å². The minimum atomic E-state index is -0.815. The lowest BCUT2D eigenvalue weighted by Gasteiger charge is -2.09. The maximum absolute atomic E-state index is 11.8. The summed E-state index contributed by atoms with van der Waals surface area (Å²) in [4.78, 5) is 34.8. The van der Waals surface area contributed by atoms with Gasteiger partial charge in [0.2, 0.25) is 0 Å². The number of urea groups is 1. The zero-order valence-corrected chi connectivity index (χ0v) is 12.1. The molecule has 1 aromatic carbocycles. The van der Waals surface area contributed by atoms with Gasteiger partial charge >= 0.3 is 12.0 Å². The van der Waals surface area contributed by atoms with Gasteiger partial charge in [-0.2, -0.15) is 0 Å². The van der Waals surface area contributed by atoms with Gasteiger partial charge in [-0.3, -0.25) is 10.1 Å². The highest BCUT2D eigenvalue weighted by molar-refractivity contribution is 6.34. The predicted octanol–water partition coefficient (Wildman–Crippen LogP) is 2.68. The molecule has 1 aromatic heterocycles. The van der Waals surface area contributed by atoms with Crippen LogP contribution in [0.5, 0.6) is 0 Å². The molecule has 8 heteroatoms. The number of furan rings is 1. The average molecular weight is 323 g/mol. The zero-order chi connectivity index (χ0) is 16.1. The van der Waals surface area contributed by atoms with Gasteiger partial charge in [0.05, 0.1) is 29.6 Å². The molecule has 0 atom stereocenters. The van der Waals surface area contributed by atoms with Gasteiger partial charge in [0.1, 0.15) is 0 Å². The number of benzene rings is 1. The van der Waals surface area contributed by atoms with Crippen LogP contribution in [0.2, 0.25) is 5.02 Å². The van der Waals surface area contributed by atoms with Crippen LogP contribution in [0.4, 0.5) is 10.5 Å². The van der Waals surface area contributed by atoms with Gasteiger partial charge in [-0.1, -0.05) is 11.6 Å². The van der Waals surface area contributed by atoms with E-state index >= 15 is 0 Å². The number of carbonyl (C=O) groups excluding carboxylic acids is 3. The monoisotopic (exact) mass is 322 g/mol. The van der Waals surface area contributed by atoms with Crippen molar-refractivity contribution in [2.24, 2.45) is 0 Å². The van der Waals surface area contributed by atoms with Gasteiger partial charge in [-0.25, -0.2) is 9.59 Å². The van der Waals surface area contributed by atoms with E-state index in [0.29, 0.717) is 0 Å². The van der Waals surface area contributed by atoms with Crippen LogP contribution in [-0.2, 0) is 4.74 Å². The second kappa shape index (κ2) is 6.77. The molecule has 0 radical (unpaired) electrons. The third kappa shape index (κ3) is 3.64. The van der Waals surface area contributed by atoms with Gasteiger partial charge in [0, 0.05) is 0 Å². The molecular weight excluding hydrogens is 312 g/mol. The predicted molar refractivity (Wildman–Crippen MR) is 78.0 cm³/mol. The minimum Gasteiger partial charge on any atom is -0.465 e. The molecule has 2 rings (SSSR count). The Morgan fingerprint density at radius 3 is 2.64 bits per heavy atom. The van der Waals surface area contributed by atoms with Gasteiger partial charge in [-0.15, -0.1) is 0 Å². The number of methoxy groups -OCH3 is 1. The Labute approximate surface area is 130 Å². The minimum absolute atomic E-state index is 0.00967. The number of anilines is 1. The number of nitrogens with one attached hydrogen (secondary N) is 2. The molecule has 2 N–H and O–H groups in total. The molecule has 2 aromatic rings. The van der Waals surface area contributed by atoms with E-state index in [9.17, 15) is 14.4 Å². The summed E-state index contributed by atoms with van der Waals surface area (Å²) in [6.45, 7) is 0. The van der Waals surface area contributed by atoms with Gasteiger partial charge in [-0.05, 0) is 30.3 Å². The molecule has 0 saturated carbocycles. The van der Waals surface area contributed by atoms with Crippen molar-refractivity contribution in [1.29, 1.82) is 0 Å². The van der Waals surface area contributed by atoms with E-state index in [0.717, 1.165) is 0 Å². The van der Waals surface area contributed by atoms with E-state index in [1.807, 2.05) is 0 Å². The maximum Gasteiger partial charge on any atom is 0.337 e. The molecule has 22 heavy (non-hydrogen) atoms. The first-order chi connectivity index (χ1) is 10.5. The van der Waals surface area contributed by atoms with Crippen molar-refractivity contribution in [2.75, 3.05) is 12.4 Å². The number of rotatable bonds is 3. The van der Waals surface area contributed by atoms with Crippen LogP contribution in [0.3, 0.4) is 0 Å². The third-order valence-corrected chi connectivity index (χ3v) is 2.94. The maximum atomic E-state index is 11.8. The van der Waals surface area contributed by atoms with Crippen molar-refractivity contribution >= 4 is 35.2 Å². The molecule has 1 heterocycles. The number of esters is 1. The van der Waals surface area contributed by atoms with Crippen molar-refractivity contribution in [3.63, 3.8) is 0 Å². The molecule has 0 bridgehead atoms. The van der Waals surface area contributed by atoms with Crippen molar-refractivity contribution in [1.82, 2.24) is 5.32 Å². The van der Waals surface area contributed by atoms with E-state index < -0.39 is 17.9 Å². The van der Waals surface area contributed by atoms with E-state index in [-0.39, 0.29) is 22.0 Å². The quantitative estimate of drug-likeness (QED) is 0.847. The lowest BCUT2D eigenvalue weighted by Crippen LogP contribution is -2.34. The Morgan fingerprint density at radius 2 is 2.00 bits per heavy atom. The van der Waals surface area contributed by atoms with Crippen LogP contribution < -0.4 is 10.6 Å². The Morgan fingerprint density at radius 1 is 1.23 bits per heavy atom. The normalized spacial score (nSPS) is 9.91. The van der Waals surface area contributed by atoms with Crippen molar-refractivity contribution in [3.05, 3.63) is 52.9 Å². The Balaban J connectivity index is 2.08. The number of amides is 3. The third-order valence-electron chi connectivity index (χ3n) is 2.61. The summed E-state index contributed by atoms with van der Waals surface area (Å²) < 4.78 is 9.43. The molecular formula is C14H11ClN2O5. The fourth-order valence-electron chi connectivity index (χ4n) is 1.59. The second-order valence-corrected chi connectivity index (χ2v) is 4.48. The van der Waals surface area contributed by atoms with Crippen LogP contribution in [0, 0.1) is 0 Å². The van der Waals surface area contributed by atoms with E-state index in [4.69, 9.17) is 16.0 Å². The lowest BCUT2D eigenvalue weighted by atomic mass is 10.2. The summed E-state index contributed by atoms with van der Waals surface area (Å²) >= 11 is 5.93. The van der Waals surface area contributed by atoms with Gasteiger partial charge in [0.25, 0.3) is 5.91 Å². The summed E-state index contributed by atoms with van der Waals surface area (Å²) in [6.07, 6.45) is 1.31. The summed E-state index contributed by atoms with van der Waals surface area (Å²) in [6, 6.07) is 6.33. The molecule has 0 saturated heterocycles. The SMILES string of the molecule is COC(=O)c1ccc(Cl)c(NC(=O)NC(=O)c2ccco2)c1. The number of hydrogen-bond acceptors (Lipinski definition) is 5. The summed E-state index contributed by atoms with van der Waals surface area (Å²) in [7, 11) is 1.23. The number of imide groups is 1. The Bertz CT molecular complexity index is 712. The molecule has 3 amide bonds. The molecule has 0 aliphatic heterocycles. The fraction of sp³-hybridized carbons (Fsp3) is 0.0714. The van der Waals surface area contributed by atoms with Crippen molar-refractivity contribution in [3.8, 4) is 0 Å². The first-order valence-corrected chi connectivity index (χ1v) is 6.42. The van der Waals surface area contributed by atoms with Crippen LogP contribution >= 0.6 is 11.6 Å². The van der Waals surface area contributed by atoms with E-state index in [1.165, 1.54) is 43.7 Å². The highest BCUT2D eigenvalue weighted by Crippen LogP contribution is 2.23. The molecule has 0 aliphatic rings. The Hall–Kier alpha value is -2.80. The van der Waals surface area contributed by atoms with Crippen LogP contribution in [-0.4, -0.2) is 25.0 Å². The first-order valence-electron chi connectivity index (χ1n) is 6.05. The summed E-state index contributed by atoms with van der Waals surface area (Å²) in [5, 5.41) is 4.64. The molecule has 0 fully saturated rings. The fourth-order valence-corrected chi connectivity index (χ4v) is 1.76. The Kier molecular flexibility index (Phi) is 4.80. The van der Waals surface area contributed by atoms with Gasteiger partial charge in [0.15, 0.2) is 5.76 Å². The van der Waals surface area contributed by atoms with Crippen molar-refractivity contribution < 1.29 is 23.5 Å². The number of carbonyl (C=O) groups is 3. The van der Waals surface area contributed by atoms with E-state index in [2.05, 4.69) is 15.4 Å². The number of hydrogen-bond donors (Lipinski definition) is 2. The average Bonchev–Trinajstić information content (AvgIpc) is 3.03. The topological polar surface area (TPSA) is 97.6 Å². The molecule has 7 nitrogen and oxygen atoms in total. The summed E-state index contributed by atoms with van der Waals surface area (Å²) in [5.74, 6) is -1.29.